The Morgan fingerprint density at radius 3 is 2.52 bits per heavy atom. The first-order valence-corrected chi connectivity index (χ1v) is 7.14. The van der Waals surface area contributed by atoms with Gasteiger partial charge >= 0.3 is 5.97 Å². The van der Waals surface area contributed by atoms with Gasteiger partial charge in [-0.15, -0.1) is 0 Å². The Labute approximate surface area is 133 Å². The quantitative estimate of drug-likeness (QED) is 0.800. The largest absolute Gasteiger partial charge is 0.496 e. The summed E-state index contributed by atoms with van der Waals surface area (Å²) in [4.78, 5) is 11.3. The molecule has 0 bridgehead atoms. The lowest BCUT2D eigenvalue weighted by molar-refractivity contribution is 0.0690. The Balaban J connectivity index is 2.27. The number of hydrogen-bond acceptors (Lipinski definition) is 3. The van der Waals surface area contributed by atoms with E-state index in [0.717, 1.165) is 16.8 Å². The fourth-order valence-electron chi connectivity index (χ4n) is 2.47. The highest BCUT2D eigenvalue weighted by Crippen LogP contribution is 2.33. The zero-order valence-electron chi connectivity index (χ0n) is 12.9. The van der Waals surface area contributed by atoms with Crippen molar-refractivity contribution in [3.8, 4) is 22.7 Å². The van der Waals surface area contributed by atoms with Gasteiger partial charge in [-0.05, 0) is 37.3 Å². The van der Waals surface area contributed by atoms with E-state index >= 15 is 0 Å². The van der Waals surface area contributed by atoms with Gasteiger partial charge < -0.3 is 9.84 Å². The molecule has 0 aliphatic carbocycles. The fraction of sp³-hybridized carbons (Fsp3) is 0.111. The number of carboxylic acid groups (broad SMARTS) is 1. The highest BCUT2D eigenvalue weighted by Gasteiger charge is 2.18. The molecule has 0 radical (unpaired) electrons. The molecule has 3 aromatic rings. The SMILES string of the molecule is COc1ccc(C)cc1-c1cc(C(=O)O)nn1-c1ccccc1. The molecule has 0 unspecified atom stereocenters. The first-order chi connectivity index (χ1) is 11.1. The standard InChI is InChI=1S/C18H16N2O3/c1-12-8-9-17(23-2)14(10-12)16-11-15(18(21)22)19-20(16)13-6-4-3-5-7-13/h3-11H,1-2H3,(H,21,22). The molecule has 1 heterocycles. The maximum absolute atomic E-state index is 11.3. The number of benzene rings is 2. The highest BCUT2D eigenvalue weighted by atomic mass is 16.5. The van der Waals surface area contributed by atoms with Crippen LogP contribution in [0.4, 0.5) is 0 Å². The summed E-state index contributed by atoms with van der Waals surface area (Å²) < 4.78 is 7.05. The van der Waals surface area contributed by atoms with Gasteiger partial charge in [0.1, 0.15) is 5.75 Å². The van der Waals surface area contributed by atoms with Crippen molar-refractivity contribution < 1.29 is 14.6 Å². The normalized spacial score (nSPS) is 10.5. The summed E-state index contributed by atoms with van der Waals surface area (Å²) in [5.41, 5.74) is 3.31. The lowest BCUT2D eigenvalue weighted by Gasteiger charge is -2.12. The molecule has 3 rings (SSSR count). The second-order valence-corrected chi connectivity index (χ2v) is 5.17. The number of carboxylic acids is 1. The zero-order chi connectivity index (χ0) is 16.4. The third-order valence-electron chi connectivity index (χ3n) is 3.56. The summed E-state index contributed by atoms with van der Waals surface area (Å²) in [6, 6.07) is 16.8. The molecule has 0 atom stereocenters. The number of aromatic nitrogens is 2. The summed E-state index contributed by atoms with van der Waals surface area (Å²) in [6.45, 7) is 1.98. The van der Waals surface area contributed by atoms with Gasteiger partial charge in [-0.2, -0.15) is 5.10 Å². The first-order valence-electron chi connectivity index (χ1n) is 7.14. The number of para-hydroxylation sites is 1. The van der Waals surface area contributed by atoms with E-state index in [9.17, 15) is 9.90 Å². The Morgan fingerprint density at radius 2 is 1.87 bits per heavy atom. The topological polar surface area (TPSA) is 64.3 Å². The van der Waals surface area contributed by atoms with E-state index in [1.165, 1.54) is 0 Å². The summed E-state index contributed by atoms with van der Waals surface area (Å²) >= 11 is 0. The summed E-state index contributed by atoms with van der Waals surface area (Å²) in [5.74, 6) is -0.392. The van der Waals surface area contributed by atoms with Crippen LogP contribution in [0.3, 0.4) is 0 Å². The molecule has 0 spiro atoms. The third kappa shape index (κ3) is 2.81. The van der Waals surface area contributed by atoms with Crippen LogP contribution in [0, 0.1) is 6.92 Å². The Hall–Kier alpha value is -3.08. The van der Waals surface area contributed by atoms with Crippen molar-refractivity contribution in [3.05, 3.63) is 65.9 Å². The second kappa shape index (κ2) is 5.96. The molecule has 0 saturated heterocycles. The number of nitrogens with zero attached hydrogens (tertiary/aromatic N) is 2. The van der Waals surface area contributed by atoms with Crippen molar-refractivity contribution in [2.75, 3.05) is 7.11 Å². The molecule has 0 saturated carbocycles. The minimum absolute atomic E-state index is 0.00703. The molecule has 5 heteroatoms. The summed E-state index contributed by atoms with van der Waals surface area (Å²) in [5, 5.41) is 13.5. The molecule has 0 amide bonds. The van der Waals surface area contributed by atoms with Crippen molar-refractivity contribution in [2.45, 2.75) is 6.92 Å². The van der Waals surface area contributed by atoms with Crippen molar-refractivity contribution in [3.63, 3.8) is 0 Å². The van der Waals surface area contributed by atoms with Crippen molar-refractivity contribution in [1.82, 2.24) is 9.78 Å². The smallest absolute Gasteiger partial charge is 0.356 e. The summed E-state index contributed by atoms with van der Waals surface area (Å²) in [6.07, 6.45) is 0. The third-order valence-corrected chi connectivity index (χ3v) is 3.56. The fourth-order valence-corrected chi connectivity index (χ4v) is 2.47. The van der Waals surface area contributed by atoms with Gasteiger partial charge in [-0.1, -0.05) is 29.8 Å². The van der Waals surface area contributed by atoms with Crippen LogP contribution in [0.25, 0.3) is 16.9 Å². The maximum atomic E-state index is 11.3. The van der Waals surface area contributed by atoms with E-state index in [1.807, 2.05) is 55.5 Å². The molecule has 0 aliphatic heterocycles. The number of ether oxygens (including phenoxy) is 1. The van der Waals surface area contributed by atoms with Gasteiger partial charge in [-0.25, -0.2) is 9.48 Å². The first kappa shape index (κ1) is 14.8. The Morgan fingerprint density at radius 1 is 1.13 bits per heavy atom. The lowest BCUT2D eigenvalue weighted by atomic mass is 10.1. The van der Waals surface area contributed by atoms with Crippen LogP contribution in [0.5, 0.6) is 5.75 Å². The molecule has 0 aliphatic rings. The van der Waals surface area contributed by atoms with Crippen molar-refractivity contribution in [2.24, 2.45) is 0 Å². The molecule has 1 N–H and O–H groups in total. The van der Waals surface area contributed by atoms with Crippen LogP contribution < -0.4 is 4.74 Å². The monoisotopic (exact) mass is 308 g/mol. The number of aryl methyl sites for hydroxylation is 1. The molecule has 23 heavy (non-hydrogen) atoms. The van der Waals surface area contributed by atoms with E-state index in [-0.39, 0.29) is 5.69 Å². The predicted molar refractivity (Wildman–Crippen MR) is 87.2 cm³/mol. The number of hydrogen-bond donors (Lipinski definition) is 1. The van der Waals surface area contributed by atoms with Gasteiger partial charge in [0.05, 0.1) is 18.5 Å². The molecular weight excluding hydrogens is 292 g/mol. The Bertz CT molecular complexity index is 854. The number of methoxy groups -OCH3 is 1. The van der Waals surface area contributed by atoms with Crippen LogP contribution in [0.2, 0.25) is 0 Å². The van der Waals surface area contributed by atoms with Crippen LogP contribution in [0.15, 0.2) is 54.6 Å². The van der Waals surface area contributed by atoms with E-state index in [0.29, 0.717) is 11.4 Å². The van der Waals surface area contributed by atoms with E-state index in [4.69, 9.17) is 4.74 Å². The second-order valence-electron chi connectivity index (χ2n) is 5.17. The van der Waals surface area contributed by atoms with E-state index in [1.54, 1.807) is 17.9 Å². The van der Waals surface area contributed by atoms with Crippen LogP contribution in [0.1, 0.15) is 16.1 Å². The lowest BCUT2D eigenvalue weighted by Crippen LogP contribution is -2.02. The van der Waals surface area contributed by atoms with Gasteiger partial charge in [0, 0.05) is 5.56 Å². The van der Waals surface area contributed by atoms with Gasteiger partial charge in [0.25, 0.3) is 0 Å². The average molecular weight is 308 g/mol. The average Bonchev–Trinajstić information content (AvgIpc) is 3.01. The van der Waals surface area contributed by atoms with Gasteiger partial charge in [0.15, 0.2) is 5.69 Å². The van der Waals surface area contributed by atoms with E-state index in [2.05, 4.69) is 5.10 Å². The molecule has 0 fully saturated rings. The summed E-state index contributed by atoms with van der Waals surface area (Å²) in [7, 11) is 1.59. The Kier molecular flexibility index (Phi) is 3.85. The predicted octanol–water partition coefficient (Wildman–Crippen LogP) is 3.55. The maximum Gasteiger partial charge on any atom is 0.356 e. The van der Waals surface area contributed by atoms with E-state index < -0.39 is 5.97 Å². The molecular formula is C18H16N2O3. The minimum atomic E-state index is -1.06. The van der Waals surface area contributed by atoms with Crippen LogP contribution in [-0.2, 0) is 0 Å². The van der Waals surface area contributed by atoms with Gasteiger partial charge in [0.2, 0.25) is 0 Å². The molecule has 1 aromatic heterocycles. The molecule has 5 nitrogen and oxygen atoms in total. The number of aromatic carboxylic acids is 1. The molecule has 2 aromatic carbocycles. The zero-order valence-corrected chi connectivity index (χ0v) is 12.9. The van der Waals surface area contributed by atoms with Crippen molar-refractivity contribution in [1.29, 1.82) is 0 Å². The number of carbonyl (C=O) groups is 1. The number of rotatable bonds is 4. The van der Waals surface area contributed by atoms with Crippen molar-refractivity contribution >= 4 is 5.97 Å². The molecule has 116 valence electrons. The minimum Gasteiger partial charge on any atom is -0.496 e. The van der Waals surface area contributed by atoms with Gasteiger partial charge in [-0.3, -0.25) is 0 Å². The van der Waals surface area contributed by atoms with Crippen LogP contribution >= 0.6 is 0 Å². The van der Waals surface area contributed by atoms with Crippen LogP contribution in [-0.4, -0.2) is 28.0 Å². The highest BCUT2D eigenvalue weighted by molar-refractivity contribution is 5.87.